The summed E-state index contributed by atoms with van der Waals surface area (Å²) in [6.45, 7) is 3.77. The molecule has 6 heteroatoms. The number of furan rings is 1. The van der Waals surface area contributed by atoms with Crippen LogP contribution in [0.3, 0.4) is 0 Å². The van der Waals surface area contributed by atoms with E-state index in [4.69, 9.17) is 9.15 Å². The minimum absolute atomic E-state index is 0.213. The number of carbonyl (C=O) groups excluding carboxylic acids is 2. The van der Waals surface area contributed by atoms with Gasteiger partial charge in [-0.25, -0.2) is 0 Å². The Morgan fingerprint density at radius 1 is 1.00 bits per heavy atom. The van der Waals surface area contributed by atoms with Gasteiger partial charge in [0.15, 0.2) is 11.9 Å². The number of hydrogen-bond donors (Lipinski definition) is 2. The van der Waals surface area contributed by atoms with Crippen LogP contribution in [0.4, 0.5) is 11.4 Å². The summed E-state index contributed by atoms with van der Waals surface area (Å²) in [5.41, 5.74) is 2.31. The number of anilines is 2. The van der Waals surface area contributed by atoms with Crippen molar-refractivity contribution in [3.05, 3.63) is 78.3 Å². The summed E-state index contributed by atoms with van der Waals surface area (Å²) in [4.78, 5) is 24.5. The van der Waals surface area contributed by atoms with Crippen molar-refractivity contribution in [1.29, 1.82) is 0 Å². The topological polar surface area (TPSA) is 80.6 Å². The van der Waals surface area contributed by atoms with Crippen molar-refractivity contribution in [3.8, 4) is 5.75 Å². The Morgan fingerprint density at radius 3 is 2.36 bits per heavy atom. The average molecular weight is 378 g/mol. The molecule has 0 radical (unpaired) electrons. The third kappa shape index (κ3) is 5.01. The van der Waals surface area contributed by atoms with Gasteiger partial charge in [-0.05, 0) is 61.4 Å². The van der Waals surface area contributed by atoms with E-state index in [1.165, 1.54) is 11.8 Å². The number of benzene rings is 2. The maximum absolute atomic E-state index is 12.4. The highest BCUT2D eigenvalue weighted by Gasteiger charge is 2.15. The van der Waals surface area contributed by atoms with Gasteiger partial charge in [0.25, 0.3) is 11.8 Å². The van der Waals surface area contributed by atoms with Crippen LogP contribution < -0.4 is 15.4 Å². The number of nitrogens with one attached hydrogen (secondary N) is 2. The minimum atomic E-state index is -0.672. The summed E-state index contributed by atoms with van der Waals surface area (Å²) in [6.07, 6.45) is 1.71. The van der Waals surface area contributed by atoms with Gasteiger partial charge in [0.1, 0.15) is 5.75 Å². The molecule has 0 spiro atoms. The SMILES string of the molecule is CCc1ccc(OC(C)C(=O)Nc2cccc(NC(=O)c3ccco3)c2)cc1. The van der Waals surface area contributed by atoms with Gasteiger partial charge in [0.2, 0.25) is 0 Å². The van der Waals surface area contributed by atoms with Gasteiger partial charge in [-0.15, -0.1) is 0 Å². The van der Waals surface area contributed by atoms with Gasteiger partial charge in [-0.2, -0.15) is 0 Å². The molecule has 0 aliphatic rings. The molecule has 1 aromatic heterocycles. The Bertz CT molecular complexity index is 933. The second kappa shape index (κ2) is 8.90. The summed E-state index contributed by atoms with van der Waals surface area (Å²) in [5, 5.41) is 5.52. The van der Waals surface area contributed by atoms with E-state index < -0.39 is 6.10 Å². The lowest BCUT2D eigenvalue weighted by atomic mass is 10.2. The van der Waals surface area contributed by atoms with Crippen LogP contribution in [0.15, 0.2) is 71.3 Å². The quantitative estimate of drug-likeness (QED) is 0.634. The van der Waals surface area contributed by atoms with Crippen molar-refractivity contribution < 1.29 is 18.7 Å². The van der Waals surface area contributed by atoms with E-state index >= 15 is 0 Å². The minimum Gasteiger partial charge on any atom is -0.481 e. The van der Waals surface area contributed by atoms with Crippen molar-refractivity contribution in [2.45, 2.75) is 26.4 Å². The summed E-state index contributed by atoms with van der Waals surface area (Å²) in [6, 6.07) is 17.8. The molecule has 28 heavy (non-hydrogen) atoms. The van der Waals surface area contributed by atoms with Crippen LogP contribution in [0.2, 0.25) is 0 Å². The third-order valence-corrected chi connectivity index (χ3v) is 4.15. The summed E-state index contributed by atoms with van der Waals surface area (Å²) >= 11 is 0. The van der Waals surface area contributed by atoms with Crippen LogP contribution >= 0.6 is 0 Å². The number of carbonyl (C=O) groups is 2. The van der Waals surface area contributed by atoms with Crippen LogP contribution in [0.1, 0.15) is 30.0 Å². The van der Waals surface area contributed by atoms with E-state index in [1.54, 1.807) is 43.3 Å². The van der Waals surface area contributed by atoms with Crippen LogP contribution in [0, 0.1) is 0 Å². The molecule has 3 aromatic rings. The van der Waals surface area contributed by atoms with Gasteiger partial charge in [-0.3, -0.25) is 9.59 Å². The number of ether oxygens (including phenoxy) is 1. The summed E-state index contributed by atoms with van der Waals surface area (Å²) in [5.74, 6) is 0.208. The third-order valence-electron chi connectivity index (χ3n) is 4.15. The lowest BCUT2D eigenvalue weighted by molar-refractivity contribution is -0.122. The maximum atomic E-state index is 12.4. The van der Waals surface area contributed by atoms with Crippen molar-refractivity contribution in [2.24, 2.45) is 0 Å². The highest BCUT2D eigenvalue weighted by molar-refractivity contribution is 6.02. The highest BCUT2D eigenvalue weighted by atomic mass is 16.5. The molecule has 0 saturated heterocycles. The van der Waals surface area contributed by atoms with Crippen LogP contribution in [-0.4, -0.2) is 17.9 Å². The second-order valence-electron chi connectivity index (χ2n) is 6.26. The second-order valence-corrected chi connectivity index (χ2v) is 6.26. The van der Waals surface area contributed by atoms with Gasteiger partial charge in [0, 0.05) is 11.4 Å². The van der Waals surface area contributed by atoms with Crippen molar-refractivity contribution in [2.75, 3.05) is 10.6 Å². The fourth-order valence-corrected chi connectivity index (χ4v) is 2.58. The highest BCUT2D eigenvalue weighted by Crippen LogP contribution is 2.18. The maximum Gasteiger partial charge on any atom is 0.291 e. The first-order chi connectivity index (χ1) is 13.5. The zero-order chi connectivity index (χ0) is 19.9. The van der Waals surface area contributed by atoms with E-state index in [2.05, 4.69) is 17.6 Å². The zero-order valence-corrected chi connectivity index (χ0v) is 15.8. The normalized spacial score (nSPS) is 11.5. The van der Waals surface area contributed by atoms with E-state index in [1.807, 2.05) is 24.3 Å². The molecule has 6 nitrogen and oxygen atoms in total. The number of aryl methyl sites for hydroxylation is 1. The molecule has 0 aliphatic carbocycles. The Balaban J connectivity index is 1.59. The van der Waals surface area contributed by atoms with Crippen LogP contribution in [-0.2, 0) is 11.2 Å². The standard InChI is InChI=1S/C22H22N2O4/c1-3-16-9-11-19(12-10-16)28-15(2)21(25)23-17-6-4-7-18(14-17)24-22(26)20-8-5-13-27-20/h4-15H,3H2,1-2H3,(H,23,25)(H,24,26). The predicted octanol–water partition coefficient (Wildman–Crippen LogP) is 4.50. The van der Waals surface area contributed by atoms with Crippen molar-refractivity contribution >= 4 is 23.2 Å². The molecule has 2 amide bonds. The first kappa shape index (κ1) is 19.2. The molecular formula is C22H22N2O4. The molecule has 1 atom stereocenters. The Morgan fingerprint density at radius 2 is 1.71 bits per heavy atom. The van der Waals surface area contributed by atoms with E-state index in [0.717, 1.165) is 6.42 Å². The molecule has 2 aromatic carbocycles. The zero-order valence-electron chi connectivity index (χ0n) is 15.8. The molecule has 0 aliphatic heterocycles. The molecular weight excluding hydrogens is 356 g/mol. The van der Waals surface area contributed by atoms with Crippen LogP contribution in [0.5, 0.6) is 5.75 Å². The summed E-state index contributed by atoms with van der Waals surface area (Å²) < 4.78 is 10.8. The molecule has 3 rings (SSSR count). The Kier molecular flexibility index (Phi) is 6.11. The van der Waals surface area contributed by atoms with Crippen molar-refractivity contribution in [3.63, 3.8) is 0 Å². The molecule has 1 heterocycles. The van der Waals surface area contributed by atoms with E-state index in [-0.39, 0.29) is 17.6 Å². The molecule has 0 fully saturated rings. The monoisotopic (exact) mass is 378 g/mol. The smallest absolute Gasteiger partial charge is 0.291 e. The number of amides is 2. The first-order valence-electron chi connectivity index (χ1n) is 9.06. The van der Waals surface area contributed by atoms with Gasteiger partial charge >= 0.3 is 0 Å². The molecule has 1 unspecified atom stereocenters. The molecule has 0 saturated carbocycles. The summed E-state index contributed by atoms with van der Waals surface area (Å²) in [7, 11) is 0. The average Bonchev–Trinajstić information content (AvgIpc) is 3.24. The first-order valence-corrected chi connectivity index (χ1v) is 9.06. The van der Waals surface area contributed by atoms with Gasteiger partial charge in [0.05, 0.1) is 6.26 Å². The molecule has 144 valence electrons. The number of rotatable bonds is 7. The Hall–Kier alpha value is -3.54. The lowest BCUT2D eigenvalue weighted by Gasteiger charge is -2.15. The Labute approximate surface area is 163 Å². The van der Waals surface area contributed by atoms with E-state index in [0.29, 0.717) is 17.1 Å². The van der Waals surface area contributed by atoms with Crippen LogP contribution in [0.25, 0.3) is 0 Å². The lowest BCUT2D eigenvalue weighted by Crippen LogP contribution is -2.30. The van der Waals surface area contributed by atoms with Gasteiger partial charge in [-0.1, -0.05) is 25.1 Å². The number of hydrogen-bond acceptors (Lipinski definition) is 4. The van der Waals surface area contributed by atoms with Crippen molar-refractivity contribution in [1.82, 2.24) is 0 Å². The van der Waals surface area contributed by atoms with E-state index in [9.17, 15) is 9.59 Å². The van der Waals surface area contributed by atoms with Gasteiger partial charge < -0.3 is 19.8 Å². The predicted molar refractivity (Wildman–Crippen MR) is 108 cm³/mol. The fraction of sp³-hybridized carbons (Fsp3) is 0.182. The fourth-order valence-electron chi connectivity index (χ4n) is 2.58. The molecule has 2 N–H and O–H groups in total. The largest absolute Gasteiger partial charge is 0.481 e. The molecule has 0 bridgehead atoms.